The Balaban J connectivity index is 1.45. The molecule has 4 N–H and O–H groups in total. The number of hydrogen-bond acceptors (Lipinski definition) is 5. The second-order valence-electron chi connectivity index (χ2n) is 9.17. The van der Waals surface area contributed by atoms with Crippen molar-refractivity contribution in [1.29, 1.82) is 0 Å². The molecule has 0 saturated heterocycles. The highest BCUT2D eigenvalue weighted by Gasteiger charge is 2.26. The summed E-state index contributed by atoms with van der Waals surface area (Å²) in [5, 5.41) is 14.8. The molecule has 37 heavy (non-hydrogen) atoms. The van der Waals surface area contributed by atoms with Crippen molar-refractivity contribution in [2.75, 3.05) is 0 Å². The monoisotopic (exact) mass is 495 g/mol. The van der Waals surface area contributed by atoms with Crippen molar-refractivity contribution in [2.45, 2.75) is 44.1 Å². The highest BCUT2D eigenvalue weighted by Crippen LogP contribution is 2.21. The average molecular weight is 496 g/mol. The van der Waals surface area contributed by atoms with E-state index in [1.54, 1.807) is 12.4 Å². The zero-order valence-electron chi connectivity index (χ0n) is 20.7. The molecule has 1 heterocycles. The van der Waals surface area contributed by atoms with Crippen LogP contribution in [-0.4, -0.2) is 34.4 Å². The number of ether oxygens (including phenoxy) is 1. The van der Waals surface area contributed by atoms with Crippen molar-refractivity contribution < 1.29 is 14.6 Å². The number of rotatable bonds is 12. The fourth-order valence-corrected chi connectivity index (χ4v) is 4.45. The SMILES string of the molecule is NC(=O)O[C@@H](Cc1ccc(-c2ccncc2)cc1)[C@@H](O)C[C@H](Cc1ccccc1)NCc1ccccc1. The van der Waals surface area contributed by atoms with Crippen molar-refractivity contribution in [3.63, 3.8) is 0 Å². The minimum absolute atomic E-state index is 0.0364. The van der Waals surface area contributed by atoms with Crippen molar-refractivity contribution >= 4 is 6.09 Å². The van der Waals surface area contributed by atoms with Gasteiger partial charge < -0.3 is 20.9 Å². The van der Waals surface area contributed by atoms with Crippen LogP contribution >= 0.6 is 0 Å². The third kappa shape index (κ3) is 8.27. The molecular formula is C31H33N3O3. The number of carbonyl (C=O) groups excluding carboxylic acids is 1. The van der Waals surface area contributed by atoms with E-state index in [9.17, 15) is 9.90 Å². The number of amides is 1. The molecule has 190 valence electrons. The van der Waals surface area contributed by atoms with Gasteiger partial charge >= 0.3 is 6.09 Å². The van der Waals surface area contributed by atoms with E-state index in [0.29, 0.717) is 19.4 Å². The van der Waals surface area contributed by atoms with Gasteiger partial charge in [-0.1, -0.05) is 84.9 Å². The topological polar surface area (TPSA) is 97.5 Å². The number of nitrogens with two attached hydrogens (primary N) is 1. The molecule has 1 amide bonds. The molecular weight excluding hydrogens is 462 g/mol. The number of aliphatic hydroxyl groups is 1. The van der Waals surface area contributed by atoms with Gasteiger partial charge in [0.05, 0.1) is 6.10 Å². The normalized spacial score (nSPS) is 13.4. The molecule has 0 aliphatic heterocycles. The summed E-state index contributed by atoms with van der Waals surface area (Å²) in [6, 6.07) is 32.1. The second kappa shape index (κ2) is 13.3. The molecule has 0 aliphatic carbocycles. The zero-order chi connectivity index (χ0) is 25.9. The summed E-state index contributed by atoms with van der Waals surface area (Å²) in [6.07, 6.45) is 2.45. The summed E-state index contributed by atoms with van der Waals surface area (Å²) in [5.41, 5.74) is 10.8. The van der Waals surface area contributed by atoms with Gasteiger partial charge in [0.2, 0.25) is 0 Å². The number of pyridine rings is 1. The van der Waals surface area contributed by atoms with Crippen LogP contribution in [0, 0.1) is 0 Å². The van der Waals surface area contributed by atoms with Crippen LogP contribution in [0.2, 0.25) is 0 Å². The van der Waals surface area contributed by atoms with Crippen LogP contribution in [0.3, 0.4) is 0 Å². The number of aliphatic hydroxyl groups excluding tert-OH is 1. The lowest BCUT2D eigenvalue weighted by molar-refractivity contribution is -0.00226. The fourth-order valence-electron chi connectivity index (χ4n) is 4.45. The second-order valence-corrected chi connectivity index (χ2v) is 9.17. The Morgan fingerprint density at radius 2 is 1.35 bits per heavy atom. The maximum atomic E-state index is 11.7. The first-order valence-corrected chi connectivity index (χ1v) is 12.5. The summed E-state index contributed by atoms with van der Waals surface area (Å²) in [4.78, 5) is 15.8. The lowest BCUT2D eigenvalue weighted by Crippen LogP contribution is -2.41. The highest BCUT2D eigenvalue weighted by atomic mass is 16.6. The number of nitrogens with one attached hydrogen (secondary N) is 1. The van der Waals surface area contributed by atoms with E-state index in [2.05, 4.69) is 34.6 Å². The summed E-state index contributed by atoms with van der Waals surface area (Å²) in [7, 11) is 0. The van der Waals surface area contributed by atoms with E-state index in [1.807, 2.05) is 72.8 Å². The van der Waals surface area contributed by atoms with E-state index in [0.717, 1.165) is 28.7 Å². The van der Waals surface area contributed by atoms with Gasteiger partial charge in [-0.2, -0.15) is 0 Å². The van der Waals surface area contributed by atoms with Crippen molar-refractivity contribution in [3.05, 3.63) is 126 Å². The molecule has 0 unspecified atom stereocenters. The van der Waals surface area contributed by atoms with Gasteiger partial charge in [-0.25, -0.2) is 4.79 Å². The lowest BCUT2D eigenvalue weighted by Gasteiger charge is -2.27. The molecule has 6 nitrogen and oxygen atoms in total. The highest BCUT2D eigenvalue weighted by molar-refractivity contribution is 5.65. The van der Waals surface area contributed by atoms with Crippen molar-refractivity contribution in [3.8, 4) is 11.1 Å². The third-order valence-electron chi connectivity index (χ3n) is 6.39. The molecule has 4 rings (SSSR count). The molecule has 0 saturated carbocycles. The number of benzene rings is 3. The van der Waals surface area contributed by atoms with E-state index >= 15 is 0 Å². The first-order chi connectivity index (χ1) is 18.1. The minimum atomic E-state index is -0.899. The lowest BCUT2D eigenvalue weighted by atomic mass is 9.94. The summed E-state index contributed by atoms with van der Waals surface area (Å²) in [6.45, 7) is 0.670. The Kier molecular flexibility index (Phi) is 9.41. The Labute approximate surface area is 218 Å². The van der Waals surface area contributed by atoms with Crippen LogP contribution in [0.5, 0.6) is 0 Å². The number of carbonyl (C=O) groups is 1. The Hall–Kier alpha value is -4.00. The minimum Gasteiger partial charge on any atom is -0.443 e. The van der Waals surface area contributed by atoms with Gasteiger partial charge in [-0.15, -0.1) is 0 Å². The van der Waals surface area contributed by atoms with Crippen LogP contribution in [0.25, 0.3) is 11.1 Å². The molecule has 0 bridgehead atoms. The Morgan fingerprint density at radius 1 is 0.784 bits per heavy atom. The van der Waals surface area contributed by atoms with E-state index < -0.39 is 18.3 Å². The van der Waals surface area contributed by atoms with Crippen molar-refractivity contribution in [1.82, 2.24) is 10.3 Å². The number of nitrogens with zero attached hydrogens (tertiary/aromatic N) is 1. The van der Waals surface area contributed by atoms with Gasteiger partial charge in [0.15, 0.2) is 0 Å². The number of primary amides is 1. The molecule has 1 aromatic heterocycles. The van der Waals surface area contributed by atoms with Crippen LogP contribution in [0.1, 0.15) is 23.1 Å². The summed E-state index contributed by atoms with van der Waals surface area (Å²) >= 11 is 0. The number of aromatic nitrogens is 1. The predicted molar refractivity (Wildman–Crippen MR) is 146 cm³/mol. The summed E-state index contributed by atoms with van der Waals surface area (Å²) in [5.74, 6) is 0. The smallest absolute Gasteiger partial charge is 0.404 e. The van der Waals surface area contributed by atoms with Gasteiger partial charge in [-0.3, -0.25) is 4.98 Å². The third-order valence-corrected chi connectivity index (χ3v) is 6.39. The average Bonchev–Trinajstić information content (AvgIpc) is 2.93. The van der Waals surface area contributed by atoms with Gasteiger partial charge in [0.25, 0.3) is 0 Å². The molecule has 0 aliphatic rings. The van der Waals surface area contributed by atoms with Crippen LogP contribution in [0.4, 0.5) is 4.79 Å². The first-order valence-electron chi connectivity index (χ1n) is 12.5. The van der Waals surface area contributed by atoms with Gasteiger partial charge in [0, 0.05) is 31.4 Å². The van der Waals surface area contributed by atoms with Gasteiger partial charge in [0.1, 0.15) is 6.10 Å². The molecule has 6 heteroatoms. The number of hydrogen-bond donors (Lipinski definition) is 3. The Morgan fingerprint density at radius 3 is 1.97 bits per heavy atom. The van der Waals surface area contributed by atoms with E-state index in [4.69, 9.17) is 10.5 Å². The standard InChI is InChI=1S/C31H33N3O3/c32-31(36)37-30(20-24-11-13-26(14-12-24)27-15-17-33-18-16-27)29(35)21-28(19-23-7-3-1-4-8-23)34-22-25-9-5-2-6-10-25/h1-18,28-30,34-35H,19-22H2,(H2,32,36)/t28-,29-,30-/m0/s1. The first kappa shape index (κ1) is 26.1. The van der Waals surface area contributed by atoms with Crippen LogP contribution in [-0.2, 0) is 24.1 Å². The van der Waals surface area contributed by atoms with E-state index in [1.165, 1.54) is 5.56 Å². The predicted octanol–water partition coefficient (Wildman–Crippen LogP) is 4.91. The molecule has 0 spiro atoms. The molecule has 0 fully saturated rings. The van der Waals surface area contributed by atoms with Crippen molar-refractivity contribution in [2.24, 2.45) is 5.73 Å². The van der Waals surface area contributed by atoms with Crippen LogP contribution in [0.15, 0.2) is 109 Å². The molecule has 3 atom stereocenters. The largest absolute Gasteiger partial charge is 0.443 e. The maximum Gasteiger partial charge on any atom is 0.404 e. The molecule has 3 aromatic carbocycles. The summed E-state index contributed by atoms with van der Waals surface area (Å²) < 4.78 is 5.40. The molecule has 4 aromatic rings. The zero-order valence-corrected chi connectivity index (χ0v) is 20.7. The van der Waals surface area contributed by atoms with Gasteiger partial charge in [-0.05, 0) is 52.8 Å². The fraction of sp³-hybridized carbons (Fsp3) is 0.226. The molecule has 0 radical (unpaired) electrons. The maximum absolute atomic E-state index is 11.7. The quantitative estimate of drug-likeness (QED) is 0.260. The van der Waals surface area contributed by atoms with Crippen LogP contribution < -0.4 is 11.1 Å². The Bertz CT molecular complexity index is 1220. The van der Waals surface area contributed by atoms with E-state index in [-0.39, 0.29) is 6.04 Å².